The van der Waals surface area contributed by atoms with Gasteiger partial charge in [0, 0.05) is 19.5 Å². The van der Waals surface area contributed by atoms with Crippen LogP contribution in [-0.2, 0) is 22.6 Å². The van der Waals surface area contributed by atoms with E-state index in [4.69, 9.17) is 4.74 Å². The first-order valence-electron chi connectivity index (χ1n) is 13.0. The SMILES string of the molecule is CCOc1c(C(C)=O)ccc(CN(CCCCc2ccccc2)C(=O)CC2(C(=O)O)CC(C)(F)C2)c1C. The van der Waals surface area contributed by atoms with Crippen LogP contribution < -0.4 is 4.74 Å². The van der Waals surface area contributed by atoms with E-state index in [-0.39, 0.29) is 37.5 Å². The lowest BCUT2D eigenvalue weighted by atomic mass is 9.59. The van der Waals surface area contributed by atoms with E-state index in [1.54, 1.807) is 11.0 Å². The molecule has 0 atom stereocenters. The fourth-order valence-electron chi connectivity index (χ4n) is 5.40. The van der Waals surface area contributed by atoms with Gasteiger partial charge in [0.05, 0.1) is 17.6 Å². The molecule has 0 aromatic heterocycles. The van der Waals surface area contributed by atoms with Crippen LogP contribution in [0.4, 0.5) is 4.39 Å². The number of carbonyl (C=O) groups excluding carboxylic acids is 2. The summed E-state index contributed by atoms with van der Waals surface area (Å²) in [5.74, 6) is -1.01. The van der Waals surface area contributed by atoms with E-state index in [1.807, 2.05) is 38.1 Å². The summed E-state index contributed by atoms with van der Waals surface area (Å²) in [6, 6.07) is 13.6. The molecule has 1 saturated carbocycles. The van der Waals surface area contributed by atoms with Crippen molar-refractivity contribution in [2.45, 2.75) is 78.4 Å². The first-order valence-corrected chi connectivity index (χ1v) is 13.0. The van der Waals surface area contributed by atoms with Crippen LogP contribution in [0.15, 0.2) is 42.5 Å². The molecule has 37 heavy (non-hydrogen) atoms. The number of ketones is 1. The lowest BCUT2D eigenvalue weighted by Crippen LogP contribution is -2.54. The zero-order valence-corrected chi connectivity index (χ0v) is 22.3. The average Bonchev–Trinajstić information content (AvgIpc) is 2.82. The molecule has 6 nitrogen and oxygen atoms in total. The molecule has 0 saturated heterocycles. The number of ether oxygens (including phenoxy) is 1. The van der Waals surface area contributed by atoms with Gasteiger partial charge in [-0.3, -0.25) is 14.4 Å². The zero-order valence-electron chi connectivity index (χ0n) is 22.3. The van der Waals surface area contributed by atoms with E-state index in [2.05, 4.69) is 12.1 Å². The van der Waals surface area contributed by atoms with Crippen molar-refractivity contribution in [2.24, 2.45) is 5.41 Å². The van der Waals surface area contributed by atoms with Crippen molar-refractivity contribution in [3.63, 3.8) is 0 Å². The van der Waals surface area contributed by atoms with Crippen molar-refractivity contribution < 1.29 is 28.6 Å². The number of amides is 1. The van der Waals surface area contributed by atoms with Gasteiger partial charge in [-0.05, 0) is 82.6 Å². The van der Waals surface area contributed by atoms with Crippen molar-refractivity contribution in [2.75, 3.05) is 13.2 Å². The minimum atomic E-state index is -1.56. The average molecular weight is 512 g/mol. The van der Waals surface area contributed by atoms with Crippen LogP contribution in [0.25, 0.3) is 0 Å². The molecule has 2 aromatic rings. The number of aliphatic carboxylic acids is 1. The molecule has 3 rings (SSSR count). The van der Waals surface area contributed by atoms with Crippen molar-refractivity contribution >= 4 is 17.7 Å². The number of carboxylic acids is 1. The lowest BCUT2D eigenvalue weighted by Gasteiger charge is -2.47. The molecule has 2 aromatic carbocycles. The number of nitrogens with zero attached hydrogens (tertiary/aromatic N) is 1. The van der Waals surface area contributed by atoms with Crippen LogP contribution in [0.5, 0.6) is 5.75 Å². The summed E-state index contributed by atoms with van der Waals surface area (Å²) in [6.07, 6.45) is 1.93. The number of unbranched alkanes of at least 4 members (excludes halogenated alkanes) is 1. The van der Waals surface area contributed by atoms with Gasteiger partial charge in [-0.25, -0.2) is 4.39 Å². The monoisotopic (exact) mass is 511 g/mol. The summed E-state index contributed by atoms with van der Waals surface area (Å²) in [7, 11) is 0. The summed E-state index contributed by atoms with van der Waals surface area (Å²) in [5, 5.41) is 9.81. The van der Waals surface area contributed by atoms with Crippen LogP contribution >= 0.6 is 0 Å². The third-order valence-electron chi connectivity index (χ3n) is 7.24. The Morgan fingerprint density at radius 2 is 1.76 bits per heavy atom. The maximum atomic E-state index is 14.3. The number of benzene rings is 2. The molecule has 0 bridgehead atoms. The van der Waals surface area contributed by atoms with Crippen LogP contribution in [0.1, 0.15) is 79.9 Å². The molecule has 0 radical (unpaired) electrons. The summed E-state index contributed by atoms with van der Waals surface area (Å²) < 4.78 is 20.1. The molecule has 200 valence electrons. The number of aryl methyl sites for hydroxylation is 1. The van der Waals surface area contributed by atoms with Gasteiger partial charge in [0.2, 0.25) is 5.91 Å². The molecule has 0 heterocycles. The highest BCUT2D eigenvalue weighted by molar-refractivity contribution is 5.97. The molecule has 1 aliphatic carbocycles. The van der Waals surface area contributed by atoms with Gasteiger partial charge >= 0.3 is 5.97 Å². The summed E-state index contributed by atoms with van der Waals surface area (Å²) in [6.45, 7) is 7.70. The Balaban J connectivity index is 1.80. The number of alkyl halides is 1. The second-order valence-corrected chi connectivity index (χ2v) is 10.5. The van der Waals surface area contributed by atoms with E-state index in [1.165, 1.54) is 19.4 Å². The number of carbonyl (C=O) groups is 3. The Kier molecular flexibility index (Phi) is 9.11. The van der Waals surface area contributed by atoms with Crippen LogP contribution in [0.3, 0.4) is 0 Å². The van der Waals surface area contributed by atoms with Crippen LogP contribution in [-0.4, -0.2) is 46.5 Å². The molecular formula is C30H38FNO5. The van der Waals surface area contributed by atoms with Gasteiger partial charge in [0.15, 0.2) is 5.78 Å². The predicted octanol–water partition coefficient (Wildman–Crippen LogP) is 5.93. The standard InChI is InChI=1S/C30H38FNO5/c1-5-37-27-21(2)24(14-15-25(27)22(3)33)18-32(16-10-9-13-23-11-7-6-8-12-23)26(34)17-30(28(35)36)19-29(4,31)20-30/h6-8,11-12,14-15H,5,9-10,13,16-20H2,1-4H3,(H,35,36). The second-order valence-electron chi connectivity index (χ2n) is 10.5. The second kappa shape index (κ2) is 11.9. The van der Waals surface area contributed by atoms with E-state index in [0.29, 0.717) is 24.5 Å². The van der Waals surface area contributed by atoms with E-state index >= 15 is 0 Å². The van der Waals surface area contributed by atoms with Gasteiger partial charge in [0.1, 0.15) is 11.4 Å². The first-order chi connectivity index (χ1) is 17.5. The van der Waals surface area contributed by atoms with Gasteiger partial charge in [-0.2, -0.15) is 0 Å². The largest absolute Gasteiger partial charge is 0.493 e. The highest BCUT2D eigenvalue weighted by Crippen LogP contribution is 2.53. The minimum absolute atomic E-state index is 0.102. The maximum Gasteiger partial charge on any atom is 0.310 e. The van der Waals surface area contributed by atoms with E-state index in [0.717, 1.165) is 30.4 Å². The van der Waals surface area contributed by atoms with Gasteiger partial charge < -0.3 is 14.7 Å². The molecule has 0 spiro atoms. The van der Waals surface area contributed by atoms with Crippen LogP contribution in [0, 0.1) is 12.3 Å². The van der Waals surface area contributed by atoms with Crippen molar-refractivity contribution in [1.82, 2.24) is 4.90 Å². The van der Waals surface area contributed by atoms with Crippen molar-refractivity contribution in [3.8, 4) is 5.75 Å². The Hall–Kier alpha value is -3.22. The number of rotatable bonds is 13. The lowest BCUT2D eigenvalue weighted by molar-refractivity contribution is -0.172. The third-order valence-corrected chi connectivity index (χ3v) is 7.24. The fourth-order valence-corrected chi connectivity index (χ4v) is 5.40. The molecule has 1 fully saturated rings. The number of carboxylic acid groups (broad SMARTS) is 1. The Bertz CT molecular complexity index is 1120. The summed E-state index contributed by atoms with van der Waals surface area (Å²) >= 11 is 0. The topological polar surface area (TPSA) is 83.9 Å². The van der Waals surface area contributed by atoms with Crippen LogP contribution in [0.2, 0.25) is 0 Å². The number of hydrogen-bond donors (Lipinski definition) is 1. The quantitative estimate of drug-likeness (QED) is 0.266. The summed E-state index contributed by atoms with van der Waals surface area (Å²) in [4.78, 5) is 39.3. The molecule has 1 aliphatic rings. The Morgan fingerprint density at radius 3 is 2.32 bits per heavy atom. The number of Topliss-reactive ketones (excluding diaryl/α,β-unsaturated/α-hetero) is 1. The fraction of sp³-hybridized carbons (Fsp3) is 0.500. The van der Waals surface area contributed by atoms with Crippen molar-refractivity contribution in [1.29, 1.82) is 0 Å². The van der Waals surface area contributed by atoms with E-state index < -0.39 is 17.1 Å². The zero-order chi connectivity index (χ0) is 27.2. The van der Waals surface area contributed by atoms with Gasteiger partial charge in [-0.1, -0.05) is 36.4 Å². The number of hydrogen-bond acceptors (Lipinski definition) is 4. The molecule has 1 N–H and O–H groups in total. The summed E-state index contributed by atoms with van der Waals surface area (Å²) in [5.41, 5.74) is 0.393. The molecule has 0 aliphatic heterocycles. The minimum Gasteiger partial charge on any atom is -0.493 e. The van der Waals surface area contributed by atoms with Gasteiger partial charge in [-0.15, -0.1) is 0 Å². The molecule has 7 heteroatoms. The predicted molar refractivity (Wildman–Crippen MR) is 141 cm³/mol. The Morgan fingerprint density at radius 1 is 1.08 bits per heavy atom. The Labute approximate surface area is 218 Å². The highest BCUT2D eigenvalue weighted by atomic mass is 19.1. The maximum absolute atomic E-state index is 14.3. The molecule has 1 amide bonds. The third kappa shape index (κ3) is 6.96. The molecule has 0 unspecified atom stereocenters. The normalized spacial score (nSPS) is 20.7. The highest BCUT2D eigenvalue weighted by Gasteiger charge is 2.58. The first kappa shape index (κ1) is 28.4. The van der Waals surface area contributed by atoms with Gasteiger partial charge in [0.25, 0.3) is 0 Å². The van der Waals surface area contributed by atoms with Crippen molar-refractivity contribution in [3.05, 3.63) is 64.7 Å². The number of halogens is 1. The molecular weight excluding hydrogens is 473 g/mol. The van der Waals surface area contributed by atoms with E-state index in [9.17, 15) is 23.9 Å². The smallest absolute Gasteiger partial charge is 0.310 e.